The van der Waals surface area contributed by atoms with Gasteiger partial charge in [-0.1, -0.05) is 11.6 Å². The van der Waals surface area contributed by atoms with Gasteiger partial charge in [-0.05, 0) is 73.0 Å². The third-order valence-corrected chi connectivity index (χ3v) is 6.41. The molecule has 160 valence electrons. The van der Waals surface area contributed by atoms with E-state index < -0.39 is 6.04 Å². The van der Waals surface area contributed by atoms with Gasteiger partial charge in [0.15, 0.2) is 11.5 Å². The Bertz CT molecular complexity index is 1240. The van der Waals surface area contributed by atoms with Crippen LogP contribution in [-0.4, -0.2) is 36.6 Å². The number of hydrogen-bond donors (Lipinski definition) is 1. The Kier molecular flexibility index (Phi) is 4.73. The average molecular weight is 418 g/mol. The van der Waals surface area contributed by atoms with E-state index in [-0.39, 0.29) is 17.4 Å². The van der Waals surface area contributed by atoms with Crippen LogP contribution < -0.4 is 15.0 Å². The van der Waals surface area contributed by atoms with Crippen LogP contribution in [0.3, 0.4) is 0 Å². The van der Waals surface area contributed by atoms with Gasteiger partial charge in [0.1, 0.15) is 0 Å². The Morgan fingerprint density at radius 1 is 1.03 bits per heavy atom. The van der Waals surface area contributed by atoms with Crippen molar-refractivity contribution in [1.29, 1.82) is 0 Å². The number of aromatic amines is 1. The predicted octanol–water partition coefficient (Wildman–Crippen LogP) is 3.74. The van der Waals surface area contributed by atoms with Crippen molar-refractivity contribution in [2.75, 3.05) is 20.8 Å². The molecule has 2 aromatic carbocycles. The van der Waals surface area contributed by atoms with Crippen LogP contribution in [0.4, 0.5) is 0 Å². The molecule has 1 N–H and O–H groups in total. The summed E-state index contributed by atoms with van der Waals surface area (Å²) in [7, 11) is 3.21. The van der Waals surface area contributed by atoms with Crippen LogP contribution in [0.15, 0.2) is 41.2 Å². The van der Waals surface area contributed by atoms with Gasteiger partial charge in [0.05, 0.1) is 20.3 Å². The van der Waals surface area contributed by atoms with Crippen LogP contribution in [0.25, 0.3) is 10.9 Å². The van der Waals surface area contributed by atoms with E-state index in [2.05, 4.69) is 11.1 Å². The highest BCUT2D eigenvalue weighted by Crippen LogP contribution is 2.43. The summed E-state index contributed by atoms with van der Waals surface area (Å²) in [5.74, 6) is 1.46. The molecule has 1 atom stereocenters. The lowest BCUT2D eigenvalue weighted by Crippen LogP contribution is -2.43. The number of carbonyl (C=O) groups is 1. The second-order valence-electron chi connectivity index (χ2n) is 8.51. The number of benzene rings is 2. The van der Waals surface area contributed by atoms with Gasteiger partial charge in [-0.3, -0.25) is 9.59 Å². The highest BCUT2D eigenvalue weighted by atomic mass is 16.5. The van der Waals surface area contributed by atoms with Gasteiger partial charge in [-0.25, -0.2) is 0 Å². The summed E-state index contributed by atoms with van der Waals surface area (Å²) in [4.78, 5) is 31.3. The number of hydrogen-bond acceptors (Lipinski definition) is 4. The molecule has 1 saturated carbocycles. The molecule has 1 fully saturated rings. The summed E-state index contributed by atoms with van der Waals surface area (Å²) in [6, 6.07) is 11.3. The number of aromatic nitrogens is 1. The van der Waals surface area contributed by atoms with Crippen molar-refractivity contribution >= 4 is 16.8 Å². The van der Waals surface area contributed by atoms with Gasteiger partial charge >= 0.3 is 0 Å². The van der Waals surface area contributed by atoms with Gasteiger partial charge in [0.25, 0.3) is 5.56 Å². The molecule has 1 amide bonds. The molecule has 6 heteroatoms. The molecular weight excluding hydrogens is 392 g/mol. The molecule has 5 rings (SSSR count). The van der Waals surface area contributed by atoms with Crippen molar-refractivity contribution in [2.45, 2.75) is 32.2 Å². The summed E-state index contributed by atoms with van der Waals surface area (Å²) >= 11 is 0. The Hall–Kier alpha value is -3.28. The summed E-state index contributed by atoms with van der Waals surface area (Å²) < 4.78 is 11.0. The van der Waals surface area contributed by atoms with Crippen LogP contribution in [0, 0.1) is 12.8 Å². The molecule has 1 aliphatic carbocycles. The van der Waals surface area contributed by atoms with Crippen LogP contribution in [-0.2, 0) is 11.2 Å². The van der Waals surface area contributed by atoms with Gasteiger partial charge < -0.3 is 19.4 Å². The smallest absolute Gasteiger partial charge is 0.254 e. The van der Waals surface area contributed by atoms with E-state index in [1.165, 1.54) is 0 Å². The van der Waals surface area contributed by atoms with E-state index in [9.17, 15) is 9.59 Å². The van der Waals surface area contributed by atoms with E-state index in [4.69, 9.17) is 9.47 Å². The zero-order valence-electron chi connectivity index (χ0n) is 18.0. The fraction of sp³-hybridized carbons (Fsp3) is 0.360. The lowest BCUT2D eigenvalue weighted by molar-refractivity contribution is -0.134. The minimum absolute atomic E-state index is 0.0750. The van der Waals surface area contributed by atoms with Crippen molar-refractivity contribution in [1.82, 2.24) is 9.88 Å². The molecule has 0 bridgehead atoms. The van der Waals surface area contributed by atoms with Crippen LogP contribution in [0.1, 0.15) is 41.1 Å². The molecule has 6 nitrogen and oxygen atoms in total. The van der Waals surface area contributed by atoms with E-state index in [1.54, 1.807) is 14.2 Å². The zero-order valence-corrected chi connectivity index (χ0v) is 18.0. The summed E-state index contributed by atoms with van der Waals surface area (Å²) in [5, 5.41) is 0.959. The first-order valence-electron chi connectivity index (χ1n) is 10.7. The monoisotopic (exact) mass is 418 g/mol. The molecule has 0 saturated heterocycles. The topological polar surface area (TPSA) is 71.6 Å². The Labute approximate surface area is 180 Å². The highest BCUT2D eigenvalue weighted by molar-refractivity contribution is 5.83. The first-order valence-corrected chi connectivity index (χ1v) is 10.7. The SMILES string of the molecule is COc1cc2c(cc1OC)C(c1cc3cc(C)ccc3[nH]c1=O)N(C(=O)C1CC1)CC2. The lowest BCUT2D eigenvalue weighted by atomic mass is 9.87. The number of methoxy groups -OCH3 is 2. The maximum atomic E-state index is 13.2. The van der Waals surface area contributed by atoms with Crippen LogP contribution in [0.5, 0.6) is 11.5 Å². The number of fused-ring (bicyclic) bond motifs is 2. The number of nitrogens with zero attached hydrogens (tertiary/aromatic N) is 1. The molecule has 2 heterocycles. The number of pyridine rings is 1. The number of aryl methyl sites for hydroxylation is 1. The standard InChI is InChI=1S/C25H26N2O4/c1-14-4-7-20-17(10-14)11-19(24(28)26-20)23-18-13-22(31-3)21(30-2)12-16(18)8-9-27(23)25(29)15-5-6-15/h4,7,10-13,15,23H,5-6,8-9H2,1-3H3,(H,26,28). The van der Waals surface area contributed by atoms with E-state index in [1.807, 2.05) is 42.2 Å². The van der Waals surface area contributed by atoms with E-state index >= 15 is 0 Å². The average Bonchev–Trinajstić information content (AvgIpc) is 3.62. The first-order chi connectivity index (χ1) is 15.0. The second-order valence-corrected chi connectivity index (χ2v) is 8.51. The molecule has 1 aliphatic heterocycles. The quantitative estimate of drug-likeness (QED) is 0.701. The fourth-order valence-corrected chi connectivity index (χ4v) is 4.63. The second kappa shape index (κ2) is 7.45. The van der Waals surface area contributed by atoms with Gasteiger partial charge in [-0.15, -0.1) is 0 Å². The van der Waals surface area contributed by atoms with Crippen molar-refractivity contribution in [3.8, 4) is 11.5 Å². The zero-order chi connectivity index (χ0) is 21.7. The highest BCUT2D eigenvalue weighted by Gasteiger charge is 2.40. The van der Waals surface area contributed by atoms with Crippen molar-refractivity contribution in [2.24, 2.45) is 5.92 Å². The Morgan fingerprint density at radius 3 is 2.48 bits per heavy atom. The third kappa shape index (κ3) is 3.36. The molecule has 1 aromatic heterocycles. The normalized spacial score (nSPS) is 18.0. The Morgan fingerprint density at radius 2 is 1.77 bits per heavy atom. The summed E-state index contributed by atoms with van der Waals surface area (Å²) in [6.45, 7) is 2.61. The van der Waals surface area contributed by atoms with E-state index in [0.29, 0.717) is 23.6 Å². The minimum Gasteiger partial charge on any atom is -0.493 e. The van der Waals surface area contributed by atoms with Crippen molar-refractivity contribution < 1.29 is 14.3 Å². The first kappa shape index (κ1) is 19.7. The Balaban J connectivity index is 1.73. The summed E-state index contributed by atoms with van der Waals surface area (Å²) in [6.07, 6.45) is 2.57. The third-order valence-electron chi connectivity index (χ3n) is 6.41. The van der Waals surface area contributed by atoms with Crippen LogP contribution in [0.2, 0.25) is 0 Å². The minimum atomic E-state index is -0.453. The fourth-order valence-electron chi connectivity index (χ4n) is 4.63. The van der Waals surface area contributed by atoms with Crippen molar-refractivity contribution in [3.05, 3.63) is 69.0 Å². The summed E-state index contributed by atoms with van der Waals surface area (Å²) in [5.41, 5.74) is 4.33. The number of amides is 1. The number of rotatable bonds is 4. The maximum Gasteiger partial charge on any atom is 0.254 e. The van der Waals surface area contributed by atoms with Gasteiger partial charge in [0.2, 0.25) is 5.91 Å². The molecule has 0 spiro atoms. The number of H-pyrrole nitrogens is 1. The lowest BCUT2D eigenvalue weighted by Gasteiger charge is -2.38. The van der Waals surface area contributed by atoms with Gasteiger partial charge in [0, 0.05) is 23.5 Å². The molecular formula is C25H26N2O4. The number of ether oxygens (including phenoxy) is 2. The molecule has 3 aromatic rings. The molecule has 0 radical (unpaired) electrons. The number of carbonyl (C=O) groups excluding carboxylic acids is 1. The largest absolute Gasteiger partial charge is 0.493 e. The van der Waals surface area contributed by atoms with E-state index in [0.717, 1.165) is 46.9 Å². The maximum absolute atomic E-state index is 13.2. The molecule has 2 aliphatic rings. The molecule has 31 heavy (non-hydrogen) atoms. The van der Waals surface area contributed by atoms with Crippen molar-refractivity contribution in [3.63, 3.8) is 0 Å². The number of nitrogens with one attached hydrogen (secondary N) is 1. The van der Waals surface area contributed by atoms with Gasteiger partial charge in [-0.2, -0.15) is 0 Å². The predicted molar refractivity (Wildman–Crippen MR) is 119 cm³/mol. The van der Waals surface area contributed by atoms with Crippen LogP contribution >= 0.6 is 0 Å². The molecule has 1 unspecified atom stereocenters.